The van der Waals surface area contributed by atoms with Crippen LogP contribution in [0.15, 0.2) is 84.9 Å². The number of amides is 1. The Balaban J connectivity index is 1.58. The van der Waals surface area contributed by atoms with Crippen molar-refractivity contribution in [1.29, 1.82) is 0 Å². The summed E-state index contributed by atoms with van der Waals surface area (Å²) in [7, 11) is 0. The third-order valence-electron chi connectivity index (χ3n) is 5.82. The molecule has 0 fully saturated rings. The van der Waals surface area contributed by atoms with Gasteiger partial charge in [-0.3, -0.25) is 0 Å². The first-order valence-corrected chi connectivity index (χ1v) is 13.4. The fourth-order valence-corrected chi connectivity index (χ4v) is 6.37. The van der Waals surface area contributed by atoms with E-state index in [9.17, 15) is 9.18 Å². The zero-order valence-electron chi connectivity index (χ0n) is 18.4. The van der Waals surface area contributed by atoms with Gasteiger partial charge in [-0.1, -0.05) is 0 Å². The molecular formula is C28H22ClFN2OSe. The van der Waals surface area contributed by atoms with E-state index < -0.39 is 0 Å². The zero-order valence-corrected chi connectivity index (χ0v) is 20.8. The van der Waals surface area contributed by atoms with Crippen molar-refractivity contribution in [3.8, 4) is 11.3 Å². The molecule has 6 heteroatoms. The van der Waals surface area contributed by atoms with E-state index in [1.807, 2.05) is 42.5 Å². The summed E-state index contributed by atoms with van der Waals surface area (Å²) in [5, 5.41) is 0. The van der Waals surface area contributed by atoms with Crippen molar-refractivity contribution in [2.45, 2.75) is 18.7 Å². The first-order valence-electron chi connectivity index (χ1n) is 11.1. The molecule has 0 saturated carbocycles. The van der Waals surface area contributed by atoms with Crippen molar-refractivity contribution in [2.75, 3.05) is 11.4 Å². The van der Waals surface area contributed by atoms with Gasteiger partial charge < -0.3 is 0 Å². The minimum absolute atomic E-state index is 0.0245. The maximum absolute atomic E-state index is 13.7. The fraction of sp³-hybridized carbons (Fsp3) is 0.143. The average molecular weight is 536 g/mol. The molecule has 3 nitrogen and oxygen atoms in total. The molecule has 34 heavy (non-hydrogen) atoms. The first kappa shape index (κ1) is 22.8. The Kier molecular flexibility index (Phi) is 6.77. The van der Waals surface area contributed by atoms with Crippen LogP contribution in [-0.2, 0) is 12.3 Å². The number of benzene rings is 3. The monoisotopic (exact) mass is 536 g/mol. The number of alkyl halides is 1. The molecule has 2 heterocycles. The fourth-order valence-electron chi connectivity index (χ4n) is 4.07. The summed E-state index contributed by atoms with van der Waals surface area (Å²) in [5.74, 6) is 0.759. The van der Waals surface area contributed by atoms with E-state index in [2.05, 4.69) is 18.2 Å². The van der Waals surface area contributed by atoms with Gasteiger partial charge in [-0.15, -0.1) is 0 Å². The molecule has 0 saturated heterocycles. The van der Waals surface area contributed by atoms with Crippen LogP contribution in [0, 0.1) is 5.82 Å². The number of carbonyl (C=O) groups excluding carboxylic acids is 1. The molecule has 0 atom stereocenters. The Hall–Kier alpha value is -2.98. The predicted octanol–water partition coefficient (Wildman–Crippen LogP) is 4.87. The molecular weight excluding hydrogens is 514 g/mol. The number of hydrogen-bond acceptors (Lipinski definition) is 2. The van der Waals surface area contributed by atoms with Crippen LogP contribution in [-0.4, -0.2) is 32.4 Å². The molecule has 4 aromatic rings. The molecule has 0 radical (unpaired) electrons. The number of nitrogens with zero attached hydrogens (tertiary/aromatic N) is 2. The third kappa shape index (κ3) is 4.78. The van der Waals surface area contributed by atoms with Crippen molar-refractivity contribution >= 4 is 47.2 Å². The van der Waals surface area contributed by atoms with Crippen LogP contribution in [0.5, 0.6) is 0 Å². The average Bonchev–Trinajstić information content (AvgIpc) is 2.89. The van der Waals surface area contributed by atoms with E-state index in [0.29, 0.717) is 23.8 Å². The number of aromatic nitrogens is 1. The van der Waals surface area contributed by atoms with E-state index in [1.54, 1.807) is 17.0 Å². The van der Waals surface area contributed by atoms with Crippen LogP contribution in [0.25, 0.3) is 11.3 Å². The molecule has 0 N–H and O–H groups in total. The number of hydrogen-bond donors (Lipinski definition) is 0. The number of fused-ring (bicyclic) bond motifs is 1. The Labute approximate surface area is 209 Å². The molecule has 0 unspecified atom stereocenters. The van der Waals surface area contributed by atoms with Gasteiger partial charge >= 0.3 is 210 Å². The molecule has 1 aliphatic heterocycles. The molecule has 170 valence electrons. The van der Waals surface area contributed by atoms with E-state index in [1.165, 1.54) is 16.6 Å². The standard InChI is InChI=1S/C28H22ClFN2OSe/c29-18-19-8-10-21(11-9-19)28(33)32-16-4-5-22-17-25(34-24-6-2-1-3-7-24)26(31-27(22)32)20-12-14-23(30)15-13-20/h1-3,6-15,17H,4-5,16,18H2. The topological polar surface area (TPSA) is 33.2 Å². The van der Waals surface area contributed by atoms with Crippen LogP contribution in [0.2, 0.25) is 0 Å². The van der Waals surface area contributed by atoms with E-state index in [0.717, 1.165) is 39.7 Å². The first-order chi connectivity index (χ1) is 16.6. The molecule has 1 aromatic heterocycles. The van der Waals surface area contributed by atoms with Gasteiger partial charge in [-0.25, -0.2) is 0 Å². The van der Waals surface area contributed by atoms with Gasteiger partial charge in [0.05, 0.1) is 0 Å². The van der Waals surface area contributed by atoms with Crippen LogP contribution in [0.4, 0.5) is 10.2 Å². The van der Waals surface area contributed by atoms with Crippen molar-refractivity contribution in [2.24, 2.45) is 0 Å². The molecule has 3 aromatic carbocycles. The van der Waals surface area contributed by atoms with Crippen molar-refractivity contribution in [3.63, 3.8) is 0 Å². The number of halogens is 2. The summed E-state index contributed by atoms with van der Waals surface area (Å²) in [6.07, 6.45) is 1.76. The summed E-state index contributed by atoms with van der Waals surface area (Å²) in [4.78, 5) is 20.3. The SMILES string of the molecule is O=C(c1ccc(CCl)cc1)N1CCCc2cc([Se]c3ccccc3)c(-c3ccc(F)cc3)nc21. The Bertz CT molecular complexity index is 1310. The number of carbonyl (C=O) groups is 1. The van der Waals surface area contributed by atoms with Crippen molar-refractivity contribution < 1.29 is 9.18 Å². The Morgan fingerprint density at radius 2 is 1.74 bits per heavy atom. The Morgan fingerprint density at radius 1 is 1.00 bits per heavy atom. The summed E-state index contributed by atoms with van der Waals surface area (Å²) in [5.41, 5.74) is 4.32. The van der Waals surface area contributed by atoms with Gasteiger partial charge in [-0.2, -0.15) is 0 Å². The van der Waals surface area contributed by atoms with Crippen LogP contribution >= 0.6 is 11.6 Å². The van der Waals surface area contributed by atoms with Crippen LogP contribution < -0.4 is 13.8 Å². The summed E-state index contributed by atoms with van der Waals surface area (Å²) in [6.45, 7) is 0.613. The summed E-state index contributed by atoms with van der Waals surface area (Å²) in [6, 6.07) is 26.4. The summed E-state index contributed by atoms with van der Waals surface area (Å²) >= 11 is 5.93. The van der Waals surface area contributed by atoms with E-state index >= 15 is 0 Å². The predicted molar refractivity (Wildman–Crippen MR) is 137 cm³/mol. The van der Waals surface area contributed by atoms with E-state index in [-0.39, 0.29) is 26.7 Å². The van der Waals surface area contributed by atoms with Crippen molar-refractivity contribution in [3.05, 3.63) is 107 Å². The second-order valence-corrected chi connectivity index (χ2v) is 10.7. The van der Waals surface area contributed by atoms with Gasteiger partial charge in [0.2, 0.25) is 0 Å². The van der Waals surface area contributed by atoms with Gasteiger partial charge in [-0.05, 0) is 0 Å². The molecule has 1 amide bonds. The second kappa shape index (κ2) is 10.1. The molecule has 1 aliphatic rings. The second-order valence-electron chi connectivity index (χ2n) is 8.13. The van der Waals surface area contributed by atoms with Gasteiger partial charge in [0.25, 0.3) is 0 Å². The third-order valence-corrected chi connectivity index (χ3v) is 8.30. The van der Waals surface area contributed by atoms with Gasteiger partial charge in [0.15, 0.2) is 0 Å². The van der Waals surface area contributed by atoms with Gasteiger partial charge in [0, 0.05) is 0 Å². The quantitative estimate of drug-likeness (QED) is 0.270. The van der Waals surface area contributed by atoms with Gasteiger partial charge in [0.1, 0.15) is 0 Å². The summed E-state index contributed by atoms with van der Waals surface area (Å²) < 4.78 is 16.0. The Morgan fingerprint density at radius 3 is 2.44 bits per heavy atom. The van der Waals surface area contributed by atoms with Crippen LogP contribution in [0.1, 0.15) is 27.9 Å². The number of pyridine rings is 1. The van der Waals surface area contributed by atoms with Crippen LogP contribution in [0.3, 0.4) is 0 Å². The minimum atomic E-state index is -0.283. The number of rotatable bonds is 5. The molecule has 0 spiro atoms. The maximum atomic E-state index is 13.7. The molecule has 0 bridgehead atoms. The molecule has 0 aliphatic carbocycles. The zero-order chi connectivity index (χ0) is 23.5. The van der Waals surface area contributed by atoms with Crippen molar-refractivity contribution in [1.82, 2.24) is 4.98 Å². The normalized spacial score (nSPS) is 12.9. The molecule has 5 rings (SSSR count). The number of aryl methyl sites for hydroxylation is 1. The van der Waals surface area contributed by atoms with E-state index in [4.69, 9.17) is 16.6 Å². The number of anilines is 1.